The van der Waals surface area contributed by atoms with Crippen LogP contribution in [0.15, 0.2) is 18.2 Å². The third-order valence-electron chi connectivity index (χ3n) is 3.42. The van der Waals surface area contributed by atoms with E-state index in [4.69, 9.17) is 34.8 Å². The monoisotopic (exact) mass is 551 g/mol. The number of hydrogen-bond acceptors (Lipinski definition) is 5. The van der Waals surface area contributed by atoms with Gasteiger partial charge in [0.1, 0.15) is 5.82 Å². The first-order valence-corrected chi connectivity index (χ1v) is 9.88. The maximum atomic E-state index is 6.03. The van der Waals surface area contributed by atoms with Crippen molar-refractivity contribution >= 4 is 86.5 Å². The number of halogens is 5. The van der Waals surface area contributed by atoms with Crippen molar-refractivity contribution < 1.29 is 0 Å². The van der Waals surface area contributed by atoms with Gasteiger partial charge in [0.25, 0.3) is 0 Å². The summed E-state index contributed by atoms with van der Waals surface area (Å²) in [5.41, 5.74) is 0.743. The largest absolute Gasteiger partial charge is 0.364 e. The zero-order valence-electron chi connectivity index (χ0n) is 14.9. The van der Waals surface area contributed by atoms with Crippen molar-refractivity contribution in [3.05, 3.63) is 27.6 Å². The molecule has 0 spiro atoms. The van der Waals surface area contributed by atoms with Crippen LogP contribution in [0.3, 0.4) is 0 Å². The van der Waals surface area contributed by atoms with Gasteiger partial charge in [-0.15, -0.1) is 12.4 Å². The Morgan fingerprint density at radius 1 is 1.08 bits per heavy atom. The molecule has 146 valence electrons. The van der Waals surface area contributed by atoms with Gasteiger partial charge in [0.2, 0.25) is 3.79 Å². The van der Waals surface area contributed by atoms with Crippen molar-refractivity contribution in [3.8, 4) is 0 Å². The van der Waals surface area contributed by atoms with E-state index in [0.29, 0.717) is 5.82 Å². The van der Waals surface area contributed by atoms with E-state index in [9.17, 15) is 0 Å². The fourth-order valence-electron chi connectivity index (χ4n) is 2.56. The minimum atomic E-state index is -1.67. The first kappa shape index (κ1) is 24.2. The van der Waals surface area contributed by atoms with Crippen LogP contribution >= 0.6 is 69.8 Å². The van der Waals surface area contributed by atoms with Gasteiger partial charge in [0.15, 0.2) is 5.82 Å². The molecule has 0 saturated carbocycles. The number of likely N-dealkylation sites (N-methyl/N-ethyl adjacent to an activating group) is 2. The highest BCUT2D eigenvalue weighted by atomic mass is 127. The molecule has 0 radical (unpaired) electrons. The normalized spacial score (nSPS) is 12.1. The highest BCUT2D eigenvalue weighted by molar-refractivity contribution is 14.1. The lowest BCUT2D eigenvalue weighted by Gasteiger charge is -2.26. The Balaban J connectivity index is 0.00000338. The third-order valence-corrected chi connectivity index (χ3v) is 4.60. The highest BCUT2D eigenvalue weighted by Crippen LogP contribution is 2.38. The molecule has 0 aliphatic carbocycles. The summed E-state index contributed by atoms with van der Waals surface area (Å²) in [5.74, 6) is 0.848. The summed E-state index contributed by atoms with van der Waals surface area (Å²) in [6.45, 7) is 1.69. The van der Waals surface area contributed by atoms with Crippen LogP contribution in [0.5, 0.6) is 0 Å². The minimum absolute atomic E-state index is 0. The van der Waals surface area contributed by atoms with Gasteiger partial charge >= 0.3 is 0 Å². The second-order valence-electron chi connectivity index (χ2n) is 6.42. The summed E-state index contributed by atoms with van der Waals surface area (Å²) in [6, 6.07) is 6.07. The first-order chi connectivity index (χ1) is 11.6. The Morgan fingerprint density at radius 2 is 1.65 bits per heavy atom. The van der Waals surface area contributed by atoms with Gasteiger partial charge in [0.05, 0.1) is 11.6 Å². The molecule has 2 aromatic rings. The smallest absolute Gasteiger partial charge is 0.250 e. The maximum Gasteiger partial charge on any atom is 0.250 e. The first-order valence-electron chi connectivity index (χ1n) is 7.66. The van der Waals surface area contributed by atoms with E-state index in [1.54, 1.807) is 0 Å². The standard InChI is InChI=1S/C16H21Cl3IN5.ClH/c1-24(2)8-11(9-25(3)4)21-14-12-7-10(20)5-6-13(12)22-15(23-14)16(17,18)19;/h5-7,11H,8-9H2,1-4H3,(H,21,22,23);1H. The summed E-state index contributed by atoms with van der Waals surface area (Å²) in [6.07, 6.45) is 0. The number of hydrogen-bond donors (Lipinski definition) is 1. The predicted molar refractivity (Wildman–Crippen MR) is 123 cm³/mol. The Hall–Kier alpha value is 0.170. The average molecular weight is 553 g/mol. The van der Waals surface area contributed by atoms with Crippen LogP contribution in [0.1, 0.15) is 5.82 Å². The van der Waals surface area contributed by atoms with E-state index in [2.05, 4.69) is 47.7 Å². The van der Waals surface area contributed by atoms with Crippen molar-refractivity contribution in [2.45, 2.75) is 9.83 Å². The van der Waals surface area contributed by atoms with Crippen molar-refractivity contribution in [3.63, 3.8) is 0 Å². The molecule has 26 heavy (non-hydrogen) atoms. The lowest BCUT2D eigenvalue weighted by molar-refractivity contribution is 0.319. The molecule has 0 fully saturated rings. The van der Waals surface area contributed by atoms with Crippen LogP contribution in [0.2, 0.25) is 0 Å². The van der Waals surface area contributed by atoms with Crippen LogP contribution in [-0.4, -0.2) is 67.1 Å². The SMILES string of the molecule is CN(C)CC(CN(C)C)Nc1nc(C(Cl)(Cl)Cl)nc2ccc(I)cc12.Cl. The molecule has 0 atom stereocenters. The number of aromatic nitrogens is 2. The van der Waals surface area contributed by atoms with Gasteiger partial charge in [-0.3, -0.25) is 0 Å². The molecule has 1 N–H and O–H groups in total. The molecule has 1 heterocycles. The Kier molecular flexibility index (Phi) is 9.40. The number of fused-ring (bicyclic) bond motifs is 1. The predicted octanol–water partition coefficient (Wildman–Crippen LogP) is 4.39. The molecular formula is C16H22Cl4IN5. The summed E-state index contributed by atoms with van der Waals surface area (Å²) in [4.78, 5) is 13.2. The number of nitrogens with zero attached hydrogens (tertiary/aromatic N) is 4. The summed E-state index contributed by atoms with van der Waals surface area (Å²) >= 11 is 20.3. The fourth-order valence-corrected chi connectivity index (χ4v) is 3.31. The number of alkyl halides is 3. The van der Waals surface area contributed by atoms with Crippen molar-refractivity contribution in [1.29, 1.82) is 0 Å². The number of benzene rings is 1. The van der Waals surface area contributed by atoms with Gasteiger partial charge in [0, 0.05) is 22.0 Å². The third kappa shape index (κ3) is 6.96. The molecule has 0 aliphatic rings. The molecule has 0 bridgehead atoms. The average Bonchev–Trinajstić information content (AvgIpc) is 2.45. The van der Waals surface area contributed by atoms with Gasteiger partial charge < -0.3 is 15.1 Å². The quantitative estimate of drug-likeness (QED) is 0.425. The summed E-state index contributed by atoms with van der Waals surface area (Å²) in [7, 11) is 8.16. The van der Waals surface area contributed by atoms with Gasteiger partial charge in [-0.05, 0) is 69.0 Å². The zero-order chi connectivity index (χ0) is 18.8. The van der Waals surface area contributed by atoms with E-state index in [1.807, 2.05) is 46.4 Å². The van der Waals surface area contributed by atoms with Gasteiger partial charge in [-0.2, -0.15) is 0 Å². The zero-order valence-corrected chi connectivity index (χ0v) is 20.2. The molecule has 1 aromatic heterocycles. The van der Waals surface area contributed by atoms with Crippen LogP contribution in [0.25, 0.3) is 10.9 Å². The topological polar surface area (TPSA) is 44.3 Å². The molecule has 0 saturated heterocycles. The Bertz CT molecular complexity index is 726. The minimum Gasteiger partial charge on any atom is -0.364 e. The van der Waals surface area contributed by atoms with Crippen molar-refractivity contribution in [1.82, 2.24) is 19.8 Å². The van der Waals surface area contributed by atoms with E-state index < -0.39 is 3.79 Å². The molecule has 5 nitrogen and oxygen atoms in total. The molecule has 1 aromatic carbocycles. The molecule has 2 rings (SSSR count). The second kappa shape index (κ2) is 10.1. The summed E-state index contributed by atoms with van der Waals surface area (Å²) in [5, 5.41) is 4.42. The maximum absolute atomic E-state index is 6.03. The Morgan fingerprint density at radius 3 is 2.15 bits per heavy atom. The number of nitrogens with one attached hydrogen (secondary N) is 1. The number of rotatable bonds is 6. The van der Waals surface area contributed by atoms with Crippen LogP contribution in [0.4, 0.5) is 5.82 Å². The fraction of sp³-hybridized carbons (Fsp3) is 0.500. The molecule has 10 heteroatoms. The van der Waals surface area contributed by atoms with E-state index in [0.717, 1.165) is 27.6 Å². The second-order valence-corrected chi connectivity index (χ2v) is 9.95. The van der Waals surface area contributed by atoms with E-state index in [-0.39, 0.29) is 24.3 Å². The van der Waals surface area contributed by atoms with Crippen LogP contribution in [0, 0.1) is 3.57 Å². The molecule has 0 amide bonds. The Labute approximate surface area is 189 Å². The van der Waals surface area contributed by atoms with Crippen LogP contribution in [-0.2, 0) is 3.79 Å². The van der Waals surface area contributed by atoms with Crippen LogP contribution < -0.4 is 5.32 Å². The van der Waals surface area contributed by atoms with Gasteiger partial charge in [-0.1, -0.05) is 34.8 Å². The molecule has 0 unspecified atom stereocenters. The van der Waals surface area contributed by atoms with E-state index >= 15 is 0 Å². The van der Waals surface area contributed by atoms with Crippen molar-refractivity contribution in [2.24, 2.45) is 0 Å². The lowest BCUT2D eigenvalue weighted by Crippen LogP contribution is -2.40. The number of anilines is 1. The van der Waals surface area contributed by atoms with E-state index in [1.165, 1.54) is 0 Å². The molecule has 0 aliphatic heterocycles. The summed E-state index contributed by atoms with van der Waals surface area (Å²) < 4.78 is -0.582. The molecular weight excluding hydrogens is 531 g/mol. The van der Waals surface area contributed by atoms with Crippen molar-refractivity contribution in [2.75, 3.05) is 46.6 Å². The lowest BCUT2D eigenvalue weighted by atomic mass is 10.2. The van der Waals surface area contributed by atoms with Gasteiger partial charge in [-0.25, -0.2) is 9.97 Å². The highest BCUT2D eigenvalue weighted by Gasteiger charge is 2.28.